The van der Waals surface area contributed by atoms with Crippen LogP contribution in [0.4, 0.5) is 11.5 Å². The number of rotatable bonds is 5. The Labute approximate surface area is 192 Å². The topological polar surface area (TPSA) is 128 Å². The van der Waals surface area contributed by atoms with Gasteiger partial charge in [-0.05, 0) is 29.3 Å². The summed E-state index contributed by atoms with van der Waals surface area (Å²) in [5.41, 5.74) is 8.55. The number of ether oxygens (including phenoxy) is 1. The quantitative estimate of drug-likeness (QED) is 0.654. The van der Waals surface area contributed by atoms with Crippen LogP contribution in [0.1, 0.15) is 49.3 Å². The lowest BCUT2D eigenvalue weighted by molar-refractivity contribution is -0.119. The van der Waals surface area contributed by atoms with Crippen LogP contribution in [0.3, 0.4) is 0 Å². The number of fused-ring (bicyclic) bond motifs is 1. The summed E-state index contributed by atoms with van der Waals surface area (Å²) in [7, 11) is 1.47. The van der Waals surface area contributed by atoms with Crippen LogP contribution >= 0.6 is 11.6 Å². The average molecular weight is 462 g/mol. The van der Waals surface area contributed by atoms with Crippen molar-refractivity contribution in [3.8, 4) is 6.01 Å². The number of anilines is 2. The molecule has 172 valence electrons. The van der Waals surface area contributed by atoms with Crippen LogP contribution in [0.15, 0.2) is 24.3 Å². The van der Waals surface area contributed by atoms with Crippen molar-refractivity contribution in [1.82, 2.24) is 15.3 Å². The zero-order chi connectivity index (χ0) is 24.1. The van der Waals surface area contributed by atoms with Crippen molar-refractivity contribution >= 4 is 40.2 Å². The molecule has 2 aromatic rings. The van der Waals surface area contributed by atoms with Gasteiger partial charge >= 0.3 is 6.01 Å². The molecular formula is C22H28ClN5O4. The molecule has 9 nitrogen and oxygen atoms in total. The highest BCUT2D eigenvalue weighted by Gasteiger charge is 2.30. The number of amides is 2. The maximum atomic E-state index is 13.0. The summed E-state index contributed by atoms with van der Waals surface area (Å²) in [6.45, 7) is 7.95. The third-order valence-electron chi connectivity index (χ3n) is 4.94. The van der Waals surface area contributed by atoms with E-state index in [0.29, 0.717) is 30.8 Å². The molecule has 0 atom stereocenters. The van der Waals surface area contributed by atoms with Crippen LogP contribution in [0.5, 0.6) is 6.01 Å². The second kappa shape index (κ2) is 10.4. The predicted molar refractivity (Wildman–Crippen MR) is 123 cm³/mol. The summed E-state index contributed by atoms with van der Waals surface area (Å²) in [4.78, 5) is 43.4. The van der Waals surface area contributed by atoms with Gasteiger partial charge in [-0.2, -0.15) is 9.97 Å². The molecule has 1 aromatic heterocycles. The molecule has 0 saturated heterocycles. The van der Waals surface area contributed by atoms with E-state index in [1.54, 1.807) is 4.90 Å². The second-order valence-corrected chi connectivity index (χ2v) is 8.47. The highest BCUT2D eigenvalue weighted by atomic mass is 35.5. The molecule has 2 heterocycles. The first-order chi connectivity index (χ1) is 15.0. The Bertz CT molecular complexity index is 1000. The molecule has 1 aromatic carbocycles. The lowest BCUT2D eigenvalue weighted by atomic mass is 9.84. The van der Waals surface area contributed by atoms with Gasteiger partial charge in [-0.1, -0.05) is 26.0 Å². The van der Waals surface area contributed by atoms with Gasteiger partial charge in [0.25, 0.3) is 5.91 Å². The zero-order valence-corrected chi connectivity index (χ0v) is 19.6. The summed E-state index contributed by atoms with van der Waals surface area (Å²) >= 11 is 4.64. The van der Waals surface area contributed by atoms with Crippen molar-refractivity contribution in [2.24, 2.45) is 0 Å². The summed E-state index contributed by atoms with van der Waals surface area (Å²) < 4.78 is 5.03. The molecule has 0 radical (unpaired) electrons. The van der Waals surface area contributed by atoms with E-state index < -0.39 is 0 Å². The highest BCUT2D eigenvalue weighted by Crippen LogP contribution is 2.30. The molecule has 1 aliphatic heterocycles. The van der Waals surface area contributed by atoms with E-state index >= 15 is 0 Å². The molecule has 0 aliphatic carbocycles. The highest BCUT2D eigenvalue weighted by molar-refractivity contribution is 6.62. The van der Waals surface area contributed by atoms with E-state index in [0.717, 1.165) is 11.3 Å². The second-order valence-electron chi connectivity index (χ2n) is 7.93. The van der Waals surface area contributed by atoms with Crippen LogP contribution < -0.4 is 20.7 Å². The Balaban J connectivity index is 0.000000837. The number of benzene rings is 1. The first kappa shape index (κ1) is 25.1. The minimum Gasteiger partial charge on any atom is -0.467 e. The number of nitrogens with two attached hydrogens (primary N) is 1. The van der Waals surface area contributed by atoms with Gasteiger partial charge in [-0.3, -0.25) is 14.4 Å². The molecule has 0 saturated carbocycles. The van der Waals surface area contributed by atoms with Crippen molar-refractivity contribution in [2.45, 2.75) is 39.5 Å². The van der Waals surface area contributed by atoms with Crippen molar-refractivity contribution < 1.29 is 19.1 Å². The first-order valence-electron chi connectivity index (χ1n) is 9.99. The molecule has 10 heteroatoms. The number of carbonyl (C=O) groups is 3. The van der Waals surface area contributed by atoms with Gasteiger partial charge in [-0.15, -0.1) is 0 Å². The molecule has 1 aliphatic rings. The van der Waals surface area contributed by atoms with E-state index in [-0.39, 0.29) is 34.3 Å². The van der Waals surface area contributed by atoms with Crippen LogP contribution in [-0.2, 0) is 21.4 Å². The maximum absolute atomic E-state index is 13.0. The first-order valence-corrected chi connectivity index (χ1v) is 10.4. The fourth-order valence-electron chi connectivity index (χ4n) is 3.25. The van der Waals surface area contributed by atoms with E-state index in [1.807, 2.05) is 24.3 Å². The molecule has 0 bridgehead atoms. The van der Waals surface area contributed by atoms with E-state index in [9.17, 15) is 14.4 Å². The summed E-state index contributed by atoms with van der Waals surface area (Å²) in [6.07, 6.45) is 0.569. The number of methoxy groups -OCH3 is 1. The number of hydrogen-bond donors (Lipinski definition) is 2. The Morgan fingerprint density at radius 3 is 2.34 bits per heavy atom. The van der Waals surface area contributed by atoms with Crippen molar-refractivity contribution in [1.29, 1.82) is 0 Å². The SMILES string of the molecule is CC(=O)Cl.COc1nc(N)c2c(n1)CCN(c1ccc(C(C)(C)CNC(C)=O)cc1)C2=O. The van der Waals surface area contributed by atoms with Gasteiger partial charge in [0.15, 0.2) is 0 Å². The van der Waals surface area contributed by atoms with Gasteiger partial charge in [0.05, 0.1) is 12.8 Å². The number of nitrogens with zero attached hydrogens (tertiary/aromatic N) is 3. The predicted octanol–water partition coefficient (Wildman–Crippen LogP) is 2.46. The summed E-state index contributed by atoms with van der Waals surface area (Å²) in [5, 5.41) is 2.49. The molecule has 2 amide bonds. The average Bonchev–Trinajstić information content (AvgIpc) is 2.72. The standard InChI is InChI=1S/C20H25N5O3.C2H3ClO/c1-12(26)22-11-20(2,3)13-5-7-14(8-6-13)25-10-9-15-16(18(25)27)17(21)24-19(23-15)28-4;1-2(3)4/h5-8H,9-11H2,1-4H3,(H,22,26)(H2,21,23,24);1H3. The Kier molecular flexibility index (Phi) is 8.15. The van der Waals surface area contributed by atoms with Crippen molar-refractivity contribution in [2.75, 3.05) is 30.8 Å². The third-order valence-corrected chi connectivity index (χ3v) is 4.94. The lowest BCUT2D eigenvalue weighted by Gasteiger charge is -2.30. The fourth-order valence-corrected chi connectivity index (χ4v) is 3.25. The van der Waals surface area contributed by atoms with Crippen LogP contribution in [0.2, 0.25) is 0 Å². The van der Waals surface area contributed by atoms with Gasteiger partial charge in [0.1, 0.15) is 11.4 Å². The summed E-state index contributed by atoms with van der Waals surface area (Å²) in [6, 6.07) is 7.95. The van der Waals surface area contributed by atoms with Gasteiger partial charge in [-0.25, -0.2) is 0 Å². The van der Waals surface area contributed by atoms with Gasteiger partial charge in [0.2, 0.25) is 11.1 Å². The van der Waals surface area contributed by atoms with Crippen molar-refractivity contribution in [3.63, 3.8) is 0 Å². The van der Waals surface area contributed by atoms with Crippen LogP contribution in [-0.4, -0.2) is 47.2 Å². The number of nitrogen functional groups attached to an aromatic ring is 1. The number of hydrogen-bond acceptors (Lipinski definition) is 7. The normalized spacial score (nSPS) is 12.9. The van der Waals surface area contributed by atoms with E-state index in [1.165, 1.54) is 21.0 Å². The number of aromatic nitrogens is 2. The van der Waals surface area contributed by atoms with Gasteiger partial charge in [0, 0.05) is 44.5 Å². The Hall–Kier alpha value is -3.20. The Morgan fingerprint density at radius 2 is 1.81 bits per heavy atom. The zero-order valence-electron chi connectivity index (χ0n) is 18.9. The minimum absolute atomic E-state index is 0.0567. The van der Waals surface area contributed by atoms with E-state index in [4.69, 9.17) is 10.5 Å². The molecule has 0 fully saturated rings. The monoisotopic (exact) mass is 461 g/mol. The molecular weight excluding hydrogens is 434 g/mol. The summed E-state index contributed by atoms with van der Waals surface area (Å²) in [5.74, 6) is -0.144. The van der Waals surface area contributed by atoms with Crippen LogP contribution in [0.25, 0.3) is 0 Å². The maximum Gasteiger partial charge on any atom is 0.318 e. The molecule has 0 spiro atoms. The third kappa shape index (κ3) is 6.16. The van der Waals surface area contributed by atoms with Crippen molar-refractivity contribution in [3.05, 3.63) is 41.1 Å². The minimum atomic E-state index is -0.361. The molecule has 3 N–H and O–H groups in total. The molecule has 0 unspecified atom stereocenters. The number of halogens is 1. The molecule has 3 rings (SSSR count). The largest absolute Gasteiger partial charge is 0.467 e. The number of nitrogens with one attached hydrogen (secondary N) is 1. The fraction of sp³-hybridized carbons (Fsp3) is 0.409. The molecule has 32 heavy (non-hydrogen) atoms. The smallest absolute Gasteiger partial charge is 0.318 e. The number of carbonyl (C=O) groups excluding carboxylic acids is 3. The lowest BCUT2D eigenvalue weighted by Crippen LogP contribution is -2.39. The van der Waals surface area contributed by atoms with E-state index in [2.05, 4.69) is 40.7 Å². The van der Waals surface area contributed by atoms with Gasteiger partial charge < -0.3 is 20.7 Å². The van der Waals surface area contributed by atoms with Crippen LogP contribution in [0, 0.1) is 0 Å². The Morgan fingerprint density at radius 1 is 1.22 bits per heavy atom.